The molecular weight excluding hydrogens is 398 g/mol. The number of Topliss-reactive ketones (excluding diaryl/α,β-unsaturated/α-hetero) is 1. The Bertz CT molecular complexity index is 1290. The van der Waals surface area contributed by atoms with Crippen molar-refractivity contribution in [1.82, 2.24) is 19.9 Å². The largest absolute Gasteiger partial charge is 0.366 e. The Hall–Kier alpha value is -3.38. The van der Waals surface area contributed by atoms with Gasteiger partial charge in [0.2, 0.25) is 0 Å². The maximum atomic E-state index is 12.5. The van der Waals surface area contributed by atoms with Crippen molar-refractivity contribution >= 4 is 22.5 Å². The Balaban J connectivity index is 1.60. The molecule has 164 valence electrons. The van der Waals surface area contributed by atoms with Crippen LogP contribution < -0.4 is 4.90 Å². The Morgan fingerprint density at radius 1 is 1.09 bits per heavy atom. The van der Waals surface area contributed by atoms with Crippen LogP contribution in [-0.4, -0.2) is 58.4 Å². The lowest BCUT2D eigenvalue weighted by Crippen LogP contribution is -2.50. The molecule has 0 aliphatic carbocycles. The molecule has 0 saturated carbocycles. The first-order chi connectivity index (χ1) is 15.4. The van der Waals surface area contributed by atoms with Crippen molar-refractivity contribution in [2.75, 3.05) is 31.6 Å². The molecule has 0 radical (unpaired) electrons. The van der Waals surface area contributed by atoms with Crippen molar-refractivity contribution in [3.8, 4) is 22.6 Å². The van der Waals surface area contributed by atoms with Crippen LogP contribution in [0.3, 0.4) is 0 Å². The molecule has 1 saturated heterocycles. The van der Waals surface area contributed by atoms with E-state index in [1.54, 1.807) is 6.92 Å². The Morgan fingerprint density at radius 2 is 1.88 bits per heavy atom. The number of ketones is 1. The summed E-state index contributed by atoms with van der Waals surface area (Å²) in [7, 11) is 2.18. The van der Waals surface area contributed by atoms with Gasteiger partial charge in [-0.3, -0.25) is 4.79 Å². The van der Waals surface area contributed by atoms with Crippen LogP contribution in [0.1, 0.15) is 29.9 Å². The number of rotatable bonds is 4. The molecule has 2 aromatic heterocycles. The molecule has 6 nitrogen and oxygen atoms in total. The lowest BCUT2D eigenvalue weighted by atomic mass is 9.98. The van der Waals surface area contributed by atoms with Gasteiger partial charge in [0.25, 0.3) is 0 Å². The number of nitrogens with zero attached hydrogens (tertiary/aromatic N) is 3. The molecule has 1 aliphatic heterocycles. The van der Waals surface area contributed by atoms with Crippen LogP contribution >= 0.6 is 0 Å². The number of carbonyl (C=O) groups is 1. The Morgan fingerprint density at radius 3 is 2.59 bits per heavy atom. The second-order valence-electron chi connectivity index (χ2n) is 8.89. The number of likely N-dealkylation sites (N-methyl/N-ethyl adjacent to an activating group) is 1. The quantitative estimate of drug-likeness (QED) is 0.456. The third-order valence-corrected chi connectivity index (χ3v) is 6.47. The number of nitrogens with one attached hydrogen (secondary N) is 2. The highest BCUT2D eigenvalue weighted by Gasteiger charge is 2.24. The van der Waals surface area contributed by atoms with E-state index in [-0.39, 0.29) is 5.78 Å². The predicted octanol–water partition coefficient (Wildman–Crippen LogP) is 4.88. The molecule has 5 rings (SSSR count). The molecule has 3 heterocycles. The predicted molar refractivity (Wildman–Crippen MR) is 130 cm³/mol. The zero-order valence-electron chi connectivity index (χ0n) is 19.1. The van der Waals surface area contributed by atoms with Crippen molar-refractivity contribution in [2.45, 2.75) is 26.8 Å². The number of benzene rings is 2. The van der Waals surface area contributed by atoms with Crippen molar-refractivity contribution < 1.29 is 4.79 Å². The number of fused-ring (bicyclic) bond motifs is 1. The second-order valence-corrected chi connectivity index (χ2v) is 8.89. The molecule has 6 heteroatoms. The minimum absolute atomic E-state index is 0.0475. The summed E-state index contributed by atoms with van der Waals surface area (Å²) >= 11 is 0. The monoisotopic (exact) mass is 427 g/mol. The van der Waals surface area contributed by atoms with Crippen molar-refractivity contribution in [3.05, 3.63) is 59.8 Å². The molecule has 0 amide bonds. The number of aromatic nitrogens is 3. The number of piperazine rings is 1. The summed E-state index contributed by atoms with van der Waals surface area (Å²) in [5.41, 5.74) is 7.47. The maximum Gasteiger partial charge on any atom is 0.162 e. The third-order valence-electron chi connectivity index (χ3n) is 6.47. The zero-order valence-corrected chi connectivity index (χ0v) is 19.1. The standard InChI is InChI=1S/C26H29N5O/c1-16-15-30(4)12-13-31(16)20-10-11-21-22(14-20)29-26(28-21)25-24(19-8-6-5-7-9-19)23(18(3)32)17(2)27-25/h5-11,14,16,27H,12-13,15H2,1-4H3,(H,28,29). The van der Waals surface area contributed by atoms with Crippen LogP contribution in [0, 0.1) is 6.92 Å². The topological polar surface area (TPSA) is 68.0 Å². The van der Waals surface area contributed by atoms with Crippen molar-refractivity contribution in [3.63, 3.8) is 0 Å². The van der Waals surface area contributed by atoms with Gasteiger partial charge in [0.1, 0.15) is 0 Å². The highest BCUT2D eigenvalue weighted by Crippen LogP contribution is 2.37. The van der Waals surface area contributed by atoms with Gasteiger partial charge in [-0.05, 0) is 51.6 Å². The number of imidazole rings is 1. The molecule has 1 aliphatic rings. The molecule has 2 aromatic carbocycles. The summed E-state index contributed by atoms with van der Waals surface area (Å²) < 4.78 is 0. The fraction of sp³-hybridized carbons (Fsp3) is 0.308. The Labute approximate surface area is 188 Å². The smallest absolute Gasteiger partial charge is 0.162 e. The minimum atomic E-state index is 0.0475. The van der Waals surface area contributed by atoms with Gasteiger partial charge in [-0.1, -0.05) is 30.3 Å². The van der Waals surface area contributed by atoms with Crippen molar-refractivity contribution in [2.24, 2.45) is 0 Å². The van der Waals surface area contributed by atoms with E-state index in [9.17, 15) is 4.79 Å². The van der Waals surface area contributed by atoms with Gasteiger partial charge in [0.05, 0.1) is 16.7 Å². The number of hydrogen-bond donors (Lipinski definition) is 2. The van der Waals surface area contributed by atoms with Gasteiger partial charge in [0.15, 0.2) is 11.6 Å². The molecule has 1 unspecified atom stereocenters. The summed E-state index contributed by atoms with van der Waals surface area (Å²) in [6.07, 6.45) is 0. The highest BCUT2D eigenvalue weighted by molar-refractivity contribution is 6.05. The van der Waals surface area contributed by atoms with Gasteiger partial charge in [0, 0.05) is 48.2 Å². The van der Waals surface area contributed by atoms with Crippen LogP contribution in [0.5, 0.6) is 0 Å². The molecule has 0 bridgehead atoms. The fourth-order valence-corrected chi connectivity index (χ4v) is 4.95. The molecule has 1 atom stereocenters. The molecular formula is C26H29N5O. The lowest BCUT2D eigenvalue weighted by molar-refractivity contribution is 0.101. The average Bonchev–Trinajstić information content (AvgIpc) is 3.34. The average molecular weight is 428 g/mol. The number of anilines is 1. The van der Waals surface area contributed by atoms with Crippen LogP contribution in [-0.2, 0) is 0 Å². The van der Waals surface area contributed by atoms with E-state index in [1.807, 2.05) is 37.3 Å². The second kappa shape index (κ2) is 7.95. The molecule has 4 aromatic rings. The van der Waals surface area contributed by atoms with E-state index in [2.05, 4.69) is 51.9 Å². The van der Waals surface area contributed by atoms with Crippen LogP contribution in [0.2, 0.25) is 0 Å². The van der Waals surface area contributed by atoms with Gasteiger partial charge >= 0.3 is 0 Å². The molecule has 0 spiro atoms. The van der Waals surface area contributed by atoms with Crippen molar-refractivity contribution in [1.29, 1.82) is 0 Å². The highest BCUT2D eigenvalue weighted by atomic mass is 16.1. The summed E-state index contributed by atoms with van der Waals surface area (Å²) in [5, 5.41) is 0. The van der Waals surface area contributed by atoms with E-state index in [0.717, 1.165) is 64.6 Å². The molecule has 32 heavy (non-hydrogen) atoms. The van der Waals surface area contributed by atoms with E-state index in [1.165, 1.54) is 5.69 Å². The summed E-state index contributed by atoms with van der Waals surface area (Å²) in [6.45, 7) is 8.97. The van der Waals surface area contributed by atoms with Gasteiger partial charge in [-0.2, -0.15) is 0 Å². The first-order valence-corrected chi connectivity index (χ1v) is 11.2. The van der Waals surface area contributed by atoms with Crippen LogP contribution in [0.25, 0.3) is 33.7 Å². The normalized spacial score (nSPS) is 17.2. The summed E-state index contributed by atoms with van der Waals surface area (Å²) in [6, 6.07) is 16.9. The summed E-state index contributed by atoms with van der Waals surface area (Å²) in [5.74, 6) is 0.796. The first-order valence-electron chi connectivity index (χ1n) is 11.2. The third kappa shape index (κ3) is 3.50. The van der Waals surface area contributed by atoms with Gasteiger partial charge < -0.3 is 19.8 Å². The van der Waals surface area contributed by atoms with Crippen LogP contribution in [0.15, 0.2) is 48.5 Å². The SMILES string of the molecule is CC(=O)c1c(C)[nH]c(-c2nc3ccc(N4CCN(C)CC4C)cc3[nH]2)c1-c1ccccc1. The summed E-state index contributed by atoms with van der Waals surface area (Å²) in [4.78, 5) is 29.1. The fourth-order valence-electron chi connectivity index (χ4n) is 4.95. The first kappa shape index (κ1) is 20.5. The van der Waals surface area contributed by atoms with E-state index in [4.69, 9.17) is 4.98 Å². The van der Waals surface area contributed by atoms with E-state index >= 15 is 0 Å². The van der Waals surface area contributed by atoms with E-state index < -0.39 is 0 Å². The van der Waals surface area contributed by atoms with E-state index in [0.29, 0.717) is 6.04 Å². The van der Waals surface area contributed by atoms with Crippen LogP contribution in [0.4, 0.5) is 5.69 Å². The zero-order chi connectivity index (χ0) is 22.4. The van der Waals surface area contributed by atoms with Gasteiger partial charge in [-0.25, -0.2) is 4.98 Å². The minimum Gasteiger partial charge on any atom is -0.366 e. The molecule has 1 fully saturated rings. The maximum absolute atomic E-state index is 12.5. The number of hydrogen-bond acceptors (Lipinski definition) is 4. The number of H-pyrrole nitrogens is 2. The number of carbonyl (C=O) groups excluding carboxylic acids is 1. The Kier molecular flexibility index (Phi) is 5.10. The molecule has 2 N–H and O–H groups in total. The van der Waals surface area contributed by atoms with Gasteiger partial charge in [-0.15, -0.1) is 0 Å². The number of aryl methyl sites for hydroxylation is 1. The lowest BCUT2D eigenvalue weighted by Gasteiger charge is -2.39. The number of aromatic amines is 2.